The lowest BCUT2D eigenvalue weighted by Crippen LogP contribution is -2.03. The molecule has 25 heavy (non-hydrogen) atoms. The Bertz CT molecular complexity index is 1040. The molecule has 2 heterocycles. The van der Waals surface area contributed by atoms with E-state index in [1.165, 1.54) is 6.07 Å². The minimum Gasteiger partial charge on any atom is -0.351 e. The van der Waals surface area contributed by atoms with Gasteiger partial charge in [0.05, 0.1) is 16.0 Å². The normalized spacial score (nSPS) is 10.9. The quantitative estimate of drug-likeness (QED) is 0.415. The summed E-state index contributed by atoms with van der Waals surface area (Å²) in [6.07, 6.45) is 1.77. The van der Waals surface area contributed by atoms with Crippen molar-refractivity contribution in [2.45, 2.75) is 6.54 Å². The molecule has 0 aliphatic carbocycles. The molecule has 0 amide bonds. The molecular weight excluding hydrogens is 338 g/mol. The van der Waals surface area contributed by atoms with Gasteiger partial charge in [-0.1, -0.05) is 18.2 Å². The molecule has 4 rings (SSSR count). The molecular formula is C17H13N5O2S. The Morgan fingerprint density at radius 2 is 2.12 bits per heavy atom. The zero-order valence-electron chi connectivity index (χ0n) is 13.0. The molecule has 4 aromatic rings. The number of nitrogens with one attached hydrogen (secondary N) is 2. The molecule has 0 spiro atoms. The number of nitro groups is 1. The van der Waals surface area contributed by atoms with Crippen molar-refractivity contribution in [1.82, 2.24) is 15.0 Å². The van der Waals surface area contributed by atoms with E-state index < -0.39 is 0 Å². The first kappa shape index (κ1) is 15.3. The van der Waals surface area contributed by atoms with Gasteiger partial charge in [0.2, 0.25) is 5.95 Å². The second kappa shape index (κ2) is 6.33. The van der Waals surface area contributed by atoms with E-state index in [9.17, 15) is 10.1 Å². The number of aromatic amines is 1. The van der Waals surface area contributed by atoms with Gasteiger partial charge in [-0.05, 0) is 18.2 Å². The number of nitrogens with zero attached hydrogens (tertiary/aromatic N) is 3. The average molecular weight is 351 g/mol. The number of rotatable bonds is 5. The Morgan fingerprint density at radius 1 is 1.24 bits per heavy atom. The van der Waals surface area contributed by atoms with Crippen LogP contribution in [0.15, 0.2) is 54.0 Å². The summed E-state index contributed by atoms with van der Waals surface area (Å²) in [5.74, 6) is 0.574. The van der Waals surface area contributed by atoms with Crippen molar-refractivity contribution in [3.8, 4) is 10.6 Å². The molecule has 0 bridgehead atoms. The SMILES string of the molecule is O=[N+]([O-])c1ccccc1CNc1nc2ccc(-c3nccs3)cc2[nH]1. The number of H-pyrrole nitrogens is 1. The number of benzene rings is 2. The molecule has 0 unspecified atom stereocenters. The Labute approximate surface area is 146 Å². The lowest BCUT2D eigenvalue weighted by Gasteiger charge is -2.03. The molecule has 0 aliphatic rings. The standard InChI is InChI=1S/C17H13N5O2S/c23-22(24)15-4-2-1-3-12(15)10-19-17-20-13-6-5-11(9-14(13)21-17)16-18-7-8-25-16/h1-9H,10H2,(H2,19,20,21). The van der Waals surface area contributed by atoms with Crippen molar-refractivity contribution < 1.29 is 4.92 Å². The van der Waals surface area contributed by atoms with Crippen molar-refractivity contribution in [2.75, 3.05) is 5.32 Å². The summed E-state index contributed by atoms with van der Waals surface area (Å²) in [5.41, 5.74) is 3.44. The highest BCUT2D eigenvalue weighted by atomic mass is 32.1. The molecule has 0 aliphatic heterocycles. The Balaban J connectivity index is 1.57. The molecule has 0 radical (unpaired) electrons. The molecule has 0 fully saturated rings. The number of aromatic nitrogens is 3. The summed E-state index contributed by atoms with van der Waals surface area (Å²) < 4.78 is 0. The van der Waals surface area contributed by atoms with Crippen molar-refractivity contribution in [1.29, 1.82) is 0 Å². The van der Waals surface area contributed by atoms with Gasteiger partial charge in [-0.2, -0.15) is 0 Å². The number of hydrogen-bond donors (Lipinski definition) is 2. The summed E-state index contributed by atoms with van der Waals surface area (Å²) in [4.78, 5) is 22.7. The van der Waals surface area contributed by atoms with Gasteiger partial charge in [-0.3, -0.25) is 10.1 Å². The van der Waals surface area contributed by atoms with E-state index in [0.29, 0.717) is 18.1 Å². The number of fused-ring (bicyclic) bond motifs is 1. The van der Waals surface area contributed by atoms with E-state index in [2.05, 4.69) is 20.3 Å². The first-order valence-corrected chi connectivity index (χ1v) is 8.44. The first-order chi connectivity index (χ1) is 12.2. The Kier molecular flexibility index (Phi) is 3.87. The number of hydrogen-bond acceptors (Lipinski definition) is 6. The Morgan fingerprint density at radius 3 is 2.92 bits per heavy atom. The minimum absolute atomic E-state index is 0.0946. The van der Waals surface area contributed by atoms with Crippen LogP contribution >= 0.6 is 11.3 Å². The fraction of sp³-hybridized carbons (Fsp3) is 0.0588. The van der Waals surface area contributed by atoms with Crippen LogP contribution in [0, 0.1) is 10.1 Å². The molecule has 2 N–H and O–H groups in total. The largest absolute Gasteiger partial charge is 0.351 e. The van der Waals surface area contributed by atoms with Crippen molar-refractivity contribution >= 4 is 34.0 Å². The lowest BCUT2D eigenvalue weighted by atomic mass is 10.2. The summed E-state index contributed by atoms with van der Waals surface area (Å²) in [7, 11) is 0. The van der Waals surface area contributed by atoms with E-state index >= 15 is 0 Å². The van der Waals surface area contributed by atoms with Crippen LogP contribution in [0.1, 0.15) is 5.56 Å². The van der Waals surface area contributed by atoms with E-state index in [-0.39, 0.29) is 10.6 Å². The van der Waals surface area contributed by atoms with Gasteiger partial charge >= 0.3 is 0 Å². The van der Waals surface area contributed by atoms with Crippen LogP contribution in [-0.4, -0.2) is 19.9 Å². The maximum Gasteiger partial charge on any atom is 0.274 e. The highest BCUT2D eigenvalue weighted by molar-refractivity contribution is 7.13. The topological polar surface area (TPSA) is 96.7 Å². The van der Waals surface area contributed by atoms with Crippen molar-refractivity contribution in [3.05, 3.63) is 69.7 Å². The predicted octanol–water partition coefficient (Wildman–Crippen LogP) is 4.21. The lowest BCUT2D eigenvalue weighted by molar-refractivity contribution is -0.385. The number of anilines is 1. The van der Waals surface area contributed by atoms with Crippen LogP contribution in [-0.2, 0) is 6.54 Å². The highest BCUT2D eigenvalue weighted by Gasteiger charge is 2.12. The average Bonchev–Trinajstić information content (AvgIpc) is 3.28. The Hall–Kier alpha value is -3.26. The second-order valence-electron chi connectivity index (χ2n) is 5.39. The molecule has 2 aromatic carbocycles. The predicted molar refractivity (Wildman–Crippen MR) is 97.6 cm³/mol. The highest BCUT2D eigenvalue weighted by Crippen LogP contribution is 2.26. The summed E-state index contributed by atoms with van der Waals surface area (Å²) in [6.45, 7) is 0.316. The van der Waals surface area contributed by atoms with Gasteiger partial charge in [0.15, 0.2) is 0 Å². The third kappa shape index (κ3) is 3.07. The van der Waals surface area contributed by atoms with Gasteiger partial charge in [0.1, 0.15) is 5.01 Å². The van der Waals surface area contributed by atoms with Crippen molar-refractivity contribution in [2.24, 2.45) is 0 Å². The number of nitro benzene ring substituents is 1. The number of imidazole rings is 1. The summed E-state index contributed by atoms with van der Waals surface area (Å²) >= 11 is 1.58. The smallest absolute Gasteiger partial charge is 0.274 e. The fourth-order valence-electron chi connectivity index (χ4n) is 2.61. The molecule has 0 saturated carbocycles. The number of thiazole rings is 1. The minimum atomic E-state index is -0.379. The maximum absolute atomic E-state index is 11.1. The fourth-order valence-corrected chi connectivity index (χ4v) is 3.25. The van der Waals surface area contributed by atoms with Crippen LogP contribution in [0.3, 0.4) is 0 Å². The van der Waals surface area contributed by atoms with E-state index in [1.807, 2.05) is 23.6 Å². The van der Waals surface area contributed by atoms with Crippen LogP contribution in [0.2, 0.25) is 0 Å². The second-order valence-corrected chi connectivity index (χ2v) is 6.29. The van der Waals surface area contributed by atoms with Gasteiger partial charge < -0.3 is 10.3 Å². The molecule has 7 nitrogen and oxygen atoms in total. The van der Waals surface area contributed by atoms with Crippen molar-refractivity contribution in [3.63, 3.8) is 0 Å². The van der Waals surface area contributed by atoms with Crippen LogP contribution in [0.25, 0.3) is 21.6 Å². The van der Waals surface area contributed by atoms with Gasteiger partial charge in [-0.25, -0.2) is 9.97 Å². The van der Waals surface area contributed by atoms with Crippen LogP contribution < -0.4 is 5.32 Å². The third-order valence-corrected chi connectivity index (χ3v) is 4.62. The van der Waals surface area contributed by atoms with E-state index in [0.717, 1.165) is 21.6 Å². The van der Waals surface area contributed by atoms with Crippen LogP contribution in [0.4, 0.5) is 11.6 Å². The monoisotopic (exact) mass is 351 g/mol. The van der Waals surface area contributed by atoms with Gasteiger partial charge in [0, 0.05) is 35.3 Å². The van der Waals surface area contributed by atoms with Gasteiger partial charge in [-0.15, -0.1) is 11.3 Å². The zero-order valence-corrected chi connectivity index (χ0v) is 13.8. The first-order valence-electron chi connectivity index (χ1n) is 7.56. The summed E-state index contributed by atoms with van der Waals surface area (Å²) in [6, 6.07) is 12.6. The van der Waals surface area contributed by atoms with Crippen LogP contribution in [0.5, 0.6) is 0 Å². The molecule has 0 atom stereocenters. The summed E-state index contributed by atoms with van der Waals surface area (Å²) in [5, 5.41) is 17.1. The maximum atomic E-state index is 11.1. The molecule has 2 aromatic heterocycles. The molecule has 0 saturated heterocycles. The number of para-hydroxylation sites is 1. The van der Waals surface area contributed by atoms with E-state index in [1.54, 1.807) is 35.7 Å². The molecule has 124 valence electrons. The van der Waals surface area contributed by atoms with E-state index in [4.69, 9.17) is 0 Å². The van der Waals surface area contributed by atoms with Gasteiger partial charge in [0.25, 0.3) is 5.69 Å². The third-order valence-electron chi connectivity index (χ3n) is 3.80. The molecule has 8 heteroatoms. The zero-order chi connectivity index (χ0) is 17.2.